The Hall–Kier alpha value is -4.91. The van der Waals surface area contributed by atoms with Gasteiger partial charge >= 0.3 is 6.18 Å². The number of tetrazole rings is 1. The third-order valence-corrected chi connectivity index (χ3v) is 6.36. The molecule has 3 heterocycles. The van der Waals surface area contributed by atoms with E-state index in [4.69, 9.17) is 11.6 Å². The molecule has 0 fully saturated rings. The van der Waals surface area contributed by atoms with Crippen LogP contribution in [-0.2, 0) is 28.6 Å². The molecule has 0 saturated carbocycles. The van der Waals surface area contributed by atoms with Crippen molar-refractivity contribution >= 4 is 35.0 Å². The molecule has 0 radical (unpaired) electrons. The Balaban J connectivity index is 1.39. The SMILES string of the molecule is O=C(/C=C/c1cc(Cl)ccc1-n1cnnn1)N[C@@H](Cc1ccccc1)C(=O)Cc1cccn2c(C(F)(F)F)nnc12. The molecular formula is C27H20ClF3N8O2. The van der Waals surface area contributed by atoms with Gasteiger partial charge in [0.05, 0.1) is 11.7 Å². The number of amides is 1. The summed E-state index contributed by atoms with van der Waals surface area (Å²) in [4.78, 5) is 26.5. The van der Waals surface area contributed by atoms with Crippen molar-refractivity contribution < 1.29 is 22.8 Å². The number of hydrogen-bond acceptors (Lipinski definition) is 7. The standard InChI is InChI=1S/C27H20ClF3N8O2/c28-20-9-10-22(39-16-32-36-37-39)18(14-20)8-11-24(41)33-21(13-17-5-2-1-3-6-17)23(40)15-19-7-4-12-38-25(19)34-35-26(38)27(29,30)31/h1-12,14,16,21H,13,15H2,(H,33,41)/b11-8+/t21-/m0/s1. The molecule has 14 heteroatoms. The van der Waals surface area contributed by atoms with Gasteiger partial charge < -0.3 is 5.32 Å². The van der Waals surface area contributed by atoms with Crippen molar-refractivity contribution in [1.29, 1.82) is 0 Å². The fourth-order valence-corrected chi connectivity index (χ4v) is 4.41. The monoisotopic (exact) mass is 580 g/mol. The fourth-order valence-electron chi connectivity index (χ4n) is 4.23. The molecule has 208 valence electrons. The average molecular weight is 581 g/mol. The van der Waals surface area contributed by atoms with Gasteiger partial charge in [0.15, 0.2) is 11.4 Å². The predicted molar refractivity (Wildman–Crippen MR) is 142 cm³/mol. The van der Waals surface area contributed by atoms with Gasteiger partial charge in [0.25, 0.3) is 0 Å². The van der Waals surface area contributed by atoms with Crippen LogP contribution in [0.5, 0.6) is 0 Å². The van der Waals surface area contributed by atoms with Crippen LogP contribution in [0.2, 0.25) is 5.02 Å². The topological polar surface area (TPSA) is 120 Å². The van der Waals surface area contributed by atoms with Crippen molar-refractivity contribution in [2.75, 3.05) is 0 Å². The highest BCUT2D eigenvalue weighted by molar-refractivity contribution is 6.30. The first kappa shape index (κ1) is 27.6. The number of halogens is 4. The minimum atomic E-state index is -4.72. The van der Waals surface area contributed by atoms with Crippen LogP contribution in [0.1, 0.15) is 22.5 Å². The van der Waals surface area contributed by atoms with E-state index in [1.165, 1.54) is 41.5 Å². The zero-order valence-corrected chi connectivity index (χ0v) is 21.8. The Labute approximate surface area is 235 Å². The van der Waals surface area contributed by atoms with Crippen LogP contribution in [0, 0.1) is 0 Å². The van der Waals surface area contributed by atoms with Gasteiger partial charge in [-0.25, -0.2) is 0 Å². The summed E-state index contributed by atoms with van der Waals surface area (Å²) in [7, 11) is 0. The summed E-state index contributed by atoms with van der Waals surface area (Å²) < 4.78 is 42.2. The van der Waals surface area contributed by atoms with Crippen LogP contribution < -0.4 is 5.32 Å². The maximum Gasteiger partial charge on any atom is 0.452 e. The summed E-state index contributed by atoms with van der Waals surface area (Å²) in [6, 6.07) is 15.9. The molecule has 0 aliphatic carbocycles. The van der Waals surface area contributed by atoms with Crippen LogP contribution in [0.4, 0.5) is 13.2 Å². The first-order chi connectivity index (χ1) is 19.7. The molecule has 0 saturated heterocycles. The molecule has 1 N–H and O–H groups in total. The van der Waals surface area contributed by atoms with E-state index in [1.54, 1.807) is 30.3 Å². The average Bonchev–Trinajstić information content (AvgIpc) is 3.63. The zero-order valence-electron chi connectivity index (χ0n) is 21.0. The number of carbonyl (C=O) groups excluding carboxylic acids is 2. The van der Waals surface area contributed by atoms with Gasteiger partial charge in [-0.05, 0) is 52.8 Å². The number of fused-ring (bicyclic) bond motifs is 1. The van der Waals surface area contributed by atoms with Crippen molar-refractivity contribution in [3.63, 3.8) is 0 Å². The minimum absolute atomic E-state index is 0.0889. The van der Waals surface area contributed by atoms with E-state index < -0.39 is 29.7 Å². The van der Waals surface area contributed by atoms with E-state index in [1.807, 2.05) is 18.2 Å². The van der Waals surface area contributed by atoms with E-state index >= 15 is 0 Å². The number of nitrogens with one attached hydrogen (secondary N) is 1. The molecule has 0 bridgehead atoms. The predicted octanol–water partition coefficient (Wildman–Crippen LogP) is 3.93. The van der Waals surface area contributed by atoms with Crippen molar-refractivity contribution in [2.45, 2.75) is 25.1 Å². The zero-order chi connectivity index (χ0) is 29.0. The normalized spacial score (nSPS) is 12.6. The van der Waals surface area contributed by atoms with Crippen LogP contribution >= 0.6 is 11.6 Å². The van der Waals surface area contributed by atoms with E-state index in [2.05, 4.69) is 31.0 Å². The molecule has 2 aromatic carbocycles. The summed E-state index contributed by atoms with van der Waals surface area (Å²) in [6.45, 7) is 0. The highest BCUT2D eigenvalue weighted by atomic mass is 35.5. The summed E-state index contributed by atoms with van der Waals surface area (Å²) in [5.74, 6) is -2.18. The number of nitrogens with zero attached hydrogens (tertiary/aromatic N) is 7. The number of hydrogen-bond donors (Lipinski definition) is 1. The smallest absolute Gasteiger partial charge is 0.342 e. The van der Waals surface area contributed by atoms with Gasteiger partial charge in [0.1, 0.15) is 6.33 Å². The number of Topliss-reactive ketones (excluding diaryl/α,β-unsaturated/α-hetero) is 1. The number of pyridine rings is 1. The van der Waals surface area contributed by atoms with Gasteiger partial charge in [0.2, 0.25) is 11.7 Å². The second-order valence-electron chi connectivity index (χ2n) is 8.93. The number of ketones is 1. The lowest BCUT2D eigenvalue weighted by atomic mass is 9.98. The van der Waals surface area contributed by atoms with Crippen molar-refractivity contribution in [1.82, 2.24) is 40.1 Å². The summed E-state index contributed by atoms with van der Waals surface area (Å²) in [5.41, 5.74) is 2.05. The minimum Gasteiger partial charge on any atom is -0.342 e. The van der Waals surface area contributed by atoms with Crippen LogP contribution in [-0.4, -0.2) is 52.5 Å². The molecule has 0 spiro atoms. The number of alkyl halides is 3. The Bertz CT molecular complexity index is 1720. The highest BCUT2D eigenvalue weighted by Gasteiger charge is 2.37. The highest BCUT2D eigenvalue weighted by Crippen LogP contribution is 2.28. The largest absolute Gasteiger partial charge is 0.452 e. The summed E-state index contributed by atoms with van der Waals surface area (Å²) >= 11 is 6.14. The lowest BCUT2D eigenvalue weighted by Gasteiger charge is -2.17. The molecule has 5 rings (SSSR count). The van der Waals surface area contributed by atoms with E-state index in [-0.39, 0.29) is 24.1 Å². The maximum atomic E-state index is 13.5. The number of benzene rings is 2. The fraction of sp³-hybridized carbons (Fsp3) is 0.148. The van der Waals surface area contributed by atoms with E-state index in [0.29, 0.717) is 16.3 Å². The quantitative estimate of drug-likeness (QED) is 0.262. The first-order valence-corrected chi connectivity index (χ1v) is 12.5. The number of aromatic nitrogens is 7. The Kier molecular flexibility index (Phi) is 7.88. The number of rotatable bonds is 9. The second-order valence-corrected chi connectivity index (χ2v) is 9.37. The molecule has 10 nitrogen and oxygen atoms in total. The Morgan fingerprint density at radius 3 is 2.59 bits per heavy atom. The molecule has 3 aromatic heterocycles. The summed E-state index contributed by atoms with van der Waals surface area (Å²) in [6.07, 6.45) is 0.501. The second kappa shape index (κ2) is 11.7. The van der Waals surface area contributed by atoms with Gasteiger partial charge in [-0.15, -0.1) is 15.3 Å². The molecular weight excluding hydrogens is 561 g/mol. The molecule has 0 aliphatic rings. The van der Waals surface area contributed by atoms with Crippen molar-refractivity contribution in [2.24, 2.45) is 0 Å². The van der Waals surface area contributed by atoms with Gasteiger partial charge in [0, 0.05) is 34.8 Å². The van der Waals surface area contributed by atoms with Crippen molar-refractivity contribution in [3.8, 4) is 5.69 Å². The third kappa shape index (κ3) is 6.47. The molecule has 5 aromatic rings. The molecule has 41 heavy (non-hydrogen) atoms. The summed E-state index contributed by atoms with van der Waals surface area (Å²) in [5, 5.41) is 21.2. The maximum absolute atomic E-state index is 13.5. The lowest BCUT2D eigenvalue weighted by molar-refractivity contribution is -0.145. The van der Waals surface area contributed by atoms with Gasteiger partial charge in [-0.1, -0.05) is 48.0 Å². The van der Waals surface area contributed by atoms with Gasteiger partial charge in [-0.3, -0.25) is 14.0 Å². The molecule has 1 amide bonds. The van der Waals surface area contributed by atoms with Crippen LogP contribution in [0.3, 0.4) is 0 Å². The third-order valence-electron chi connectivity index (χ3n) is 6.12. The first-order valence-electron chi connectivity index (χ1n) is 12.2. The molecule has 0 unspecified atom stereocenters. The van der Waals surface area contributed by atoms with E-state index in [9.17, 15) is 22.8 Å². The van der Waals surface area contributed by atoms with Crippen LogP contribution in [0.15, 0.2) is 79.3 Å². The van der Waals surface area contributed by atoms with E-state index in [0.717, 1.165) is 9.96 Å². The van der Waals surface area contributed by atoms with Crippen LogP contribution in [0.25, 0.3) is 17.4 Å². The Morgan fingerprint density at radius 1 is 1.05 bits per heavy atom. The lowest BCUT2D eigenvalue weighted by Crippen LogP contribution is -2.42. The number of carbonyl (C=O) groups is 2. The van der Waals surface area contributed by atoms with Crippen molar-refractivity contribution in [3.05, 3.63) is 107 Å². The molecule has 0 aliphatic heterocycles. The Morgan fingerprint density at radius 2 is 1.85 bits per heavy atom. The van der Waals surface area contributed by atoms with Gasteiger partial charge in [-0.2, -0.15) is 17.9 Å². The molecule has 1 atom stereocenters.